The summed E-state index contributed by atoms with van der Waals surface area (Å²) in [4.78, 5) is 38.7. The van der Waals surface area contributed by atoms with Crippen LogP contribution in [0.15, 0.2) is 48.5 Å². The van der Waals surface area contributed by atoms with Crippen molar-refractivity contribution in [2.45, 2.75) is 29.7 Å². The van der Waals surface area contributed by atoms with E-state index in [1.54, 1.807) is 0 Å². The molecule has 0 spiro atoms. The van der Waals surface area contributed by atoms with Crippen molar-refractivity contribution in [1.82, 2.24) is 0 Å². The second kappa shape index (κ2) is 13.6. The molecule has 3 aromatic carbocycles. The predicted octanol–water partition coefficient (Wildman–Crippen LogP) is 8.44. The fourth-order valence-corrected chi connectivity index (χ4v) is 5.81. The number of benzene rings is 3. The molecule has 0 saturated heterocycles. The van der Waals surface area contributed by atoms with E-state index in [1.165, 1.54) is 13.0 Å². The molecule has 0 aromatic heterocycles. The number of hydrogen-bond donors (Lipinski definition) is 2. The van der Waals surface area contributed by atoms with Crippen LogP contribution in [0, 0.1) is 23.4 Å². The Balaban J connectivity index is 1.53. The van der Waals surface area contributed by atoms with Gasteiger partial charge in [0.05, 0.1) is 27.8 Å². The van der Waals surface area contributed by atoms with Crippen molar-refractivity contribution in [3.8, 4) is 0 Å². The first-order valence-corrected chi connectivity index (χ1v) is 14.5. The van der Waals surface area contributed by atoms with Gasteiger partial charge in [0.1, 0.15) is 28.3 Å². The van der Waals surface area contributed by atoms with Crippen molar-refractivity contribution in [3.05, 3.63) is 87.7 Å². The molecule has 1 fully saturated rings. The molecule has 0 unspecified atom stereocenters. The van der Waals surface area contributed by atoms with E-state index in [1.807, 2.05) is 0 Å². The third kappa shape index (κ3) is 7.93. The molecule has 4 rings (SSSR count). The molecule has 2 N–H and O–H groups in total. The molecule has 0 aliphatic heterocycles. The van der Waals surface area contributed by atoms with Gasteiger partial charge in [0.2, 0.25) is 5.91 Å². The Hall–Kier alpha value is -3.73. The van der Waals surface area contributed by atoms with E-state index in [0.29, 0.717) is 23.1 Å². The summed E-state index contributed by atoms with van der Waals surface area (Å²) < 4.78 is 122. The van der Waals surface area contributed by atoms with Gasteiger partial charge in [-0.05, 0) is 55.0 Å². The Bertz CT molecular complexity index is 1770. The molecular formula is C29H19Cl3F9N3O4. The number of amides is 3. The van der Waals surface area contributed by atoms with Crippen molar-refractivity contribution >= 4 is 69.6 Å². The maximum atomic E-state index is 15.4. The molecule has 0 radical (unpaired) electrons. The molecule has 1 aliphatic carbocycles. The normalized spacial score (nSPS) is 17.1. The lowest BCUT2D eigenvalue weighted by atomic mass is 10.0. The third-order valence-electron chi connectivity index (χ3n) is 7.03. The number of ether oxygens (including phenoxy) is 1. The van der Waals surface area contributed by atoms with Gasteiger partial charge < -0.3 is 15.5 Å². The summed E-state index contributed by atoms with van der Waals surface area (Å²) in [6.45, 7) is -0.857. The average molecular weight is 751 g/mol. The van der Waals surface area contributed by atoms with Gasteiger partial charge in [0, 0.05) is 18.2 Å². The first-order valence-electron chi connectivity index (χ1n) is 13.3. The molecular weight excluding hydrogens is 732 g/mol. The standard InChI is InChI=1S/C29H19Cl3F9N3O4/c1-2-44(20(45)11-48-29(39,40)41)24-18(34)7-8-19(23(24)35)43-25(46)14-10-13(4-5-16(14)30)42-26(47)22-21(27(22,31)32)12-3-6-17(33)15(9-12)28(36,37)38/h3-10,21-22H,2,11H2,1H3,(H,42,47)(H,43,46)/t21-,22+/m0/s1. The van der Waals surface area contributed by atoms with Crippen LogP contribution < -0.4 is 15.5 Å². The molecule has 0 bridgehead atoms. The minimum Gasteiger partial charge on any atom is -0.326 e. The number of carbonyl (C=O) groups is 3. The van der Waals surface area contributed by atoms with Crippen molar-refractivity contribution < 1.29 is 58.6 Å². The molecule has 0 heterocycles. The lowest BCUT2D eigenvalue weighted by Gasteiger charge is -2.23. The van der Waals surface area contributed by atoms with Crippen LogP contribution in [0.2, 0.25) is 5.02 Å². The minimum atomic E-state index is -5.20. The van der Waals surface area contributed by atoms with Crippen LogP contribution in [0.5, 0.6) is 0 Å². The van der Waals surface area contributed by atoms with Gasteiger partial charge in [-0.15, -0.1) is 36.4 Å². The highest BCUT2D eigenvalue weighted by Gasteiger charge is 2.67. The molecule has 19 heteroatoms. The number of anilines is 3. The van der Waals surface area contributed by atoms with E-state index in [0.717, 1.165) is 24.3 Å². The summed E-state index contributed by atoms with van der Waals surface area (Å²) >= 11 is 18.5. The zero-order valence-electron chi connectivity index (χ0n) is 23.8. The van der Waals surface area contributed by atoms with E-state index in [4.69, 9.17) is 34.8 Å². The lowest BCUT2D eigenvalue weighted by Crippen LogP contribution is -2.37. The number of likely N-dealkylation sites (N-methyl/N-ethyl adjacent to an activating group) is 1. The highest BCUT2D eigenvalue weighted by molar-refractivity contribution is 6.53. The highest BCUT2D eigenvalue weighted by atomic mass is 35.5. The Morgan fingerprint density at radius 2 is 1.56 bits per heavy atom. The maximum absolute atomic E-state index is 15.4. The quantitative estimate of drug-likeness (QED) is 0.170. The Labute approximate surface area is 279 Å². The maximum Gasteiger partial charge on any atom is 0.523 e. The number of nitrogens with zero attached hydrogens (tertiary/aromatic N) is 1. The molecule has 258 valence electrons. The number of carbonyl (C=O) groups excluding carboxylic acids is 3. The van der Waals surface area contributed by atoms with E-state index >= 15 is 4.39 Å². The van der Waals surface area contributed by atoms with Gasteiger partial charge in [-0.2, -0.15) is 13.2 Å². The van der Waals surface area contributed by atoms with Gasteiger partial charge in [-0.25, -0.2) is 13.2 Å². The van der Waals surface area contributed by atoms with Crippen molar-refractivity contribution in [3.63, 3.8) is 0 Å². The smallest absolute Gasteiger partial charge is 0.326 e. The van der Waals surface area contributed by atoms with Gasteiger partial charge in [-0.3, -0.25) is 19.1 Å². The van der Waals surface area contributed by atoms with Crippen molar-refractivity contribution in [1.29, 1.82) is 0 Å². The molecule has 3 amide bonds. The van der Waals surface area contributed by atoms with Crippen LogP contribution in [0.1, 0.15) is 34.3 Å². The number of rotatable bonds is 9. The largest absolute Gasteiger partial charge is 0.523 e. The van der Waals surface area contributed by atoms with Crippen molar-refractivity contribution in [2.24, 2.45) is 5.92 Å². The monoisotopic (exact) mass is 749 g/mol. The molecule has 2 atom stereocenters. The van der Waals surface area contributed by atoms with Crippen LogP contribution in [-0.2, 0) is 20.5 Å². The van der Waals surface area contributed by atoms with Crippen LogP contribution in [0.25, 0.3) is 0 Å². The van der Waals surface area contributed by atoms with Crippen LogP contribution >= 0.6 is 34.8 Å². The zero-order valence-corrected chi connectivity index (χ0v) is 26.1. The summed E-state index contributed by atoms with van der Waals surface area (Å²) in [6.07, 6.45) is -10.2. The molecule has 48 heavy (non-hydrogen) atoms. The number of hydrogen-bond acceptors (Lipinski definition) is 4. The predicted molar refractivity (Wildman–Crippen MR) is 156 cm³/mol. The summed E-state index contributed by atoms with van der Waals surface area (Å²) in [6, 6.07) is 6.85. The lowest BCUT2D eigenvalue weighted by molar-refractivity contribution is -0.320. The zero-order chi connectivity index (χ0) is 35.9. The van der Waals surface area contributed by atoms with E-state index < -0.39 is 94.0 Å². The summed E-state index contributed by atoms with van der Waals surface area (Å²) in [5.41, 5.74) is -4.03. The topological polar surface area (TPSA) is 87.7 Å². The average Bonchev–Trinajstić information content (AvgIpc) is 3.57. The molecule has 7 nitrogen and oxygen atoms in total. The SMILES string of the molecule is CCN(C(=O)COC(F)(F)F)c1c(F)ccc(NC(=O)c2cc(NC(=O)[C@H]3[C@H](c4ccc(F)c(C(F)(F)F)c4)C3(Cl)Cl)ccc2Cl)c1F. The molecule has 3 aromatic rings. The van der Waals surface area contributed by atoms with E-state index in [-0.39, 0.29) is 21.8 Å². The third-order valence-corrected chi connectivity index (χ3v) is 8.30. The van der Waals surface area contributed by atoms with Gasteiger partial charge in [-0.1, -0.05) is 17.7 Å². The summed E-state index contributed by atoms with van der Waals surface area (Å²) in [7, 11) is 0. The Morgan fingerprint density at radius 1 is 0.917 bits per heavy atom. The van der Waals surface area contributed by atoms with Gasteiger partial charge in [0.15, 0.2) is 5.82 Å². The van der Waals surface area contributed by atoms with E-state index in [2.05, 4.69) is 15.4 Å². The number of nitrogens with one attached hydrogen (secondary N) is 2. The van der Waals surface area contributed by atoms with Gasteiger partial charge >= 0.3 is 12.5 Å². The Morgan fingerprint density at radius 3 is 2.17 bits per heavy atom. The Kier molecular flexibility index (Phi) is 10.5. The fraction of sp³-hybridized carbons (Fsp3) is 0.276. The second-order valence-corrected chi connectivity index (χ2v) is 12.0. The van der Waals surface area contributed by atoms with Gasteiger partial charge in [0.25, 0.3) is 11.8 Å². The van der Waals surface area contributed by atoms with Crippen LogP contribution in [0.3, 0.4) is 0 Å². The molecule has 1 saturated carbocycles. The van der Waals surface area contributed by atoms with Crippen LogP contribution in [0.4, 0.5) is 56.6 Å². The second-order valence-electron chi connectivity index (χ2n) is 10.1. The first kappa shape index (κ1) is 37.1. The van der Waals surface area contributed by atoms with Crippen molar-refractivity contribution in [2.75, 3.05) is 28.7 Å². The highest BCUT2D eigenvalue weighted by Crippen LogP contribution is 2.65. The number of alkyl halides is 8. The first-order chi connectivity index (χ1) is 22.2. The molecule has 1 aliphatic rings. The fourth-order valence-electron chi connectivity index (χ4n) is 4.77. The minimum absolute atomic E-state index is 0.105. The summed E-state index contributed by atoms with van der Waals surface area (Å²) in [5, 5.41) is 4.25. The van der Waals surface area contributed by atoms with E-state index in [9.17, 15) is 49.5 Å². The number of halogens is 12. The van der Waals surface area contributed by atoms with Crippen LogP contribution in [-0.4, -0.2) is 41.6 Å². The summed E-state index contributed by atoms with van der Waals surface area (Å²) in [5.74, 6) is -10.4.